The van der Waals surface area contributed by atoms with Gasteiger partial charge in [0.05, 0.1) is 24.0 Å². The van der Waals surface area contributed by atoms with Crippen LogP contribution in [0.1, 0.15) is 38.5 Å². The van der Waals surface area contributed by atoms with Crippen molar-refractivity contribution in [3.8, 4) is 17.0 Å². The number of aromatic nitrogens is 3. The van der Waals surface area contributed by atoms with Crippen LogP contribution in [0.15, 0.2) is 66.9 Å². The highest BCUT2D eigenvalue weighted by Crippen LogP contribution is 2.26. The van der Waals surface area contributed by atoms with E-state index < -0.39 is 0 Å². The van der Waals surface area contributed by atoms with E-state index in [1.54, 1.807) is 0 Å². The van der Waals surface area contributed by atoms with E-state index in [4.69, 9.17) is 9.84 Å². The predicted molar refractivity (Wildman–Crippen MR) is 163 cm³/mol. The first-order valence-corrected chi connectivity index (χ1v) is 14.9. The van der Waals surface area contributed by atoms with E-state index in [1.165, 1.54) is 5.69 Å². The highest BCUT2D eigenvalue weighted by Gasteiger charge is 2.17. The van der Waals surface area contributed by atoms with Gasteiger partial charge in [-0.05, 0) is 86.5 Å². The van der Waals surface area contributed by atoms with E-state index in [9.17, 15) is 4.79 Å². The third kappa shape index (κ3) is 6.97. The third-order valence-corrected chi connectivity index (χ3v) is 7.95. The Kier molecular flexibility index (Phi) is 8.61. The van der Waals surface area contributed by atoms with Crippen molar-refractivity contribution in [2.75, 3.05) is 56.1 Å². The van der Waals surface area contributed by atoms with Crippen molar-refractivity contribution >= 4 is 28.7 Å². The van der Waals surface area contributed by atoms with Crippen molar-refractivity contribution in [2.45, 2.75) is 38.5 Å². The molecule has 214 valence electrons. The van der Waals surface area contributed by atoms with Crippen molar-refractivity contribution in [3.63, 3.8) is 0 Å². The summed E-state index contributed by atoms with van der Waals surface area (Å²) in [4.78, 5) is 21.7. The molecule has 0 spiro atoms. The molecule has 0 radical (unpaired) electrons. The minimum Gasteiger partial charge on any atom is -0.494 e. The second-order valence-electron chi connectivity index (χ2n) is 10.9. The average Bonchev–Trinajstić information content (AvgIpc) is 3.43. The lowest BCUT2D eigenvalue weighted by Crippen LogP contribution is -2.47. The van der Waals surface area contributed by atoms with Crippen LogP contribution < -0.4 is 20.3 Å². The van der Waals surface area contributed by atoms with Crippen LogP contribution in [-0.2, 0) is 4.79 Å². The Balaban J connectivity index is 1.17. The van der Waals surface area contributed by atoms with Gasteiger partial charge in [0.15, 0.2) is 0 Å². The summed E-state index contributed by atoms with van der Waals surface area (Å²) in [5.74, 6) is 1.58. The molecule has 9 heteroatoms. The SMILES string of the molecule is O=C1CCCCCCOc2ccc(cc2)-c2ccc3cnc(nn23)Nc2ccc(cc2)N2CCN(CCCN1)CC2. The summed E-state index contributed by atoms with van der Waals surface area (Å²) in [7, 11) is 0. The van der Waals surface area contributed by atoms with Crippen LogP contribution in [0.4, 0.5) is 17.3 Å². The van der Waals surface area contributed by atoms with Crippen LogP contribution in [0.3, 0.4) is 0 Å². The van der Waals surface area contributed by atoms with Gasteiger partial charge >= 0.3 is 0 Å². The van der Waals surface area contributed by atoms with Gasteiger partial charge in [0, 0.05) is 56.1 Å². The fourth-order valence-electron chi connectivity index (χ4n) is 5.56. The number of carbonyl (C=O) groups is 1. The monoisotopic (exact) mass is 553 g/mol. The van der Waals surface area contributed by atoms with Gasteiger partial charge < -0.3 is 20.3 Å². The van der Waals surface area contributed by atoms with Gasteiger partial charge in [0.2, 0.25) is 11.9 Å². The number of nitrogens with zero attached hydrogens (tertiary/aromatic N) is 5. The first-order valence-electron chi connectivity index (χ1n) is 14.9. The molecule has 6 aliphatic rings. The lowest BCUT2D eigenvalue weighted by Gasteiger charge is -2.36. The summed E-state index contributed by atoms with van der Waals surface area (Å²) >= 11 is 0. The Morgan fingerprint density at radius 3 is 2.41 bits per heavy atom. The molecule has 8 bridgehead atoms. The minimum absolute atomic E-state index is 0.172. The summed E-state index contributed by atoms with van der Waals surface area (Å²) in [6.45, 7) is 6.52. The zero-order chi connectivity index (χ0) is 27.9. The van der Waals surface area contributed by atoms with Crippen molar-refractivity contribution in [1.29, 1.82) is 0 Å². The van der Waals surface area contributed by atoms with Gasteiger partial charge in [0.1, 0.15) is 5.75 Å². The van der Waals surface area contributed by atoms with E-state index in [2.05, 4.69) is 67.9 Å². The Morgan fingerprint density at radius 2 is 1.59 bits per heavy atom. The van der Waals surface area contributed by atoms with Gasteiger partial charge in [-0.2, -0.15) is 0 Å². The molecule has 2 aromatic heterocycles. The second kappa shape index (κ2) is 13.0. The van der Waals surface area contributed by atoms with Gasteiger partial charge in [-0.3, -0.25) is 9.69 Å². The molecule has 6 aliphatic heterocycles. The van der Waals surface area contributed by atoms with Crippen molar-refractivity contribution in [1.82, 2.24) is 24.8 Å². The standard InChI is InChI=1S/C32H39N7O2/c40-31-6-3-1-2-4-23-41-29-14-7-25(8-15-29)30-16-13-28-24-34-32(36-39(28)30)35-26-9-11-27(12-10-26)38-21-19-37(20-22-38)18-5-17-33-31/h7-16,24H,1-6,17-23H2,(H,33,40)(H,35,36). The predicted octanol–water partition coefficient (Wildman–Crippen LogP) is 5.11. The third-order valence-electron chi connectivity index (χ3n) is 7.95. The van der Waals surface area contributed by atoms with Crippen LogP contribution in [0, 0.1) is 0 Å². The van der Waals surface area contributed by atoms with E-state index in [1.807, 2.05) is 28.9 Å². The molecule has 1 fully saturated rings. The molecule has 8 heterocycles. The van der Waals surface area contributed by atoms with E-state index in [-0.39, 0.29) is 5.91 Å². The molecule has 10 rings (SSSR count). The number of carbonyl (C=O) groups excluding carboxylic acids is 1. The zero-order valence-electron chi connectivity index (χ0n) is 23.6. The maximum Gasteiger partial charge on any atom is 0.245 e. The largest absolute Gasteiger partial charge is 0.494 e. The van der Waals surface area contributed by atoms with Crippen molar-refractivity contribution in [3.05, 3.63) is 66.9 Å². The van der Waals surface area contributed by atoms with Crippen LogP contribution in [0.25, 0.3) is 16.8 Å². The van der Waals surface area contributed by atoms with Gasteiger partial charge in [-0.25, -0.2) is 9.50 Å². The molecule has 0 unspecified atom stereocenters. The quantitative estimate of drug-likeness (QED) is 0.313. The highest BCUT2D eigenvalue weighted by atomic mass is 16.5. The Labute approximate surface area is 241 Å². The smallest absolute Gasteiger partial charge is 0.245 e. The average molecular weight is 554 g/mol. The van der Waals surface area contributed by atoms with E-state index in [0.29, 0.717) is 19.0 Å². The van der Waals surface area contributed by atoms with Crippen LogP contribution in [0.2, 0.25) is 0 Å². The number of benzene rings is 2. The Bertz CT molecular complexity index is 1430. The topological polar surface area (TPSA) is 87.0 Å². The minimum atomic E-state index is 0.172. The van der Waals surface area contributed by atoms with Gasteiger partial charge in [-0.15, -0.1) is 5.10 Å². The summed E-state index contributed by atoms with van der Waals surface area (Å²) in [6, 6.07) is 20.8. The molecule has 41 heavy (non-hydrogen) atoms. The Hall–Kier alpha value is -4.11. The second-order valence-corrected chi connectivity index (χ2v) is 10.9. The number of ether oxygens (including phenoxy) is 1. The van der Waals surface area contributed by atoms with E-state index >= 15 is 0 Å². The van der Waals surface area contributed by atoms with Crippen LogP contribution in [0.5, 0.6) is 5.75 Å². The lowest BCUT2D eigenvalue weighted by molar-refractivity contribution is -0.121. The molecule has 1 saturated heterocycles. The van der Waals surface area contributed by atoms with Crippen molar-refractivity contribution < 1.29 is 9.53 Å². The summed E-state index contributed by atoms with van der Waals surface area (Å²) in [6.07, 6.45) is 7.45. The number of fused-ring (bicyclic) bond motifs is 1. The molecule has 9 nitrogen and oxygen atoms in total. The number of nitrogens with one attached hydrogen (secondary N) is 2. The first kappa shape index (κ1) is 27.1. The van der Waals surface area contributed by atoms with Crippen molar-refractivity contribution in [2.24, 2.45) is 0 Å². The highest BCUT2D eigenvalue weighted by molar-refractivity contribution is 5.75. The molecule has 1 amide bonds. The number of piperazine rings is 1. The van der Waals surface area contributed by atoms with Gasteiger partial charge in [-0.1, -0.05) is 12.8 Å². The van der Waals surface area contributed by atoms with E-state index in [0.717, 1.165) is 99.6 Å². The summed E-state index contributed by atoms with van der Waals surface area (Å²) in [5, 5.41) is 11.3. The number of anilines is 3. The molecule has 0 aliphatic carbocycles. The molecule has 2 N–H and O–H groups in total. The molecule has 4 aromatic rings. The maximum atomic E-state index is 12.2. The summed E-state index contributed by atoms with van der Waals surface area (Å²) in [5.41, 5.74) is 5.18. The molecule has 0 saturated carbocycles. The maximum absolute atomic E-state index is 12.2. The van der Waals surface area contributed by atoms with Gasteiger partial charge in [0.25, 0.3) is 0 Å². The van der Waals surface area contributed by atoms with Crippen LogP contribution >= 0.6 is 0 Å². The molecular formula is C32H39N7O2. The molecule has 2 aromatic carbocycles. The fraction of sp³-hybridized carbons (Fsp3) is 0.406. The number of hydrogen-bond donors (Lipinski definition) is 2. The van der Waals surface area contributed by atoms with Crippen LogP contribution in [-0.4, -0.2) is 71.3 Å². The number of hydrogen-bond acceptors (Lipinski definition) is 7. The Morgan fingerprint density at radius 1 is 0.780 bits per heavy atom. The normalized spacial score (nSPS) is 18.0. The molecule has 0 atom stereocenters. The number of amides is 1. The first-order chi connectivity index (χ1) is 20.2. The fourth-order valence-corrected chi connectivity index (χ4v) is 5.56. The zero-order valence-corrected chi connectivity index (χ0v) is 23.6. The molecular weight excluding hydrogens is 514 g/mol. The lowest BCUT2D eigenvalue weighted by atomic mass is 10.1. The number of rotatable bonds is 0. The summed E-state index contributed by atoms with van der Waals surface area (Å²) < 4.78 is 7.90.